The third-order valence-electron chi connectivity index (χ3n) is 4.04. The van der Waals surface area contributed by atoms with E-state index in [1.807, 2.05) is 0 Å². The predicted molar refractivity (Wildman–Crippen MR) is 75.2 cm³/mol. The topological polar surface area (TPSA) is 62.1 Å². The van der Waals surface area contributed by atoms with Gasteiger partial charge in [0.1, 0.15) is 12.4 Å². The number of hydrogen-bond donors (Lipinski definition) is 0. The minimum atomic E-state index is -4.39. The Morgan fingerprint density at radius 1 is 1.21 bits per heavy atom. The fourth-order valence-electron chi connectivity index (χ4n) is 2.74. The molecule has 0 bridgehead atoms. The number of unbranched alkanes of at least 4 members (excludes halogenated alkanes) is 1. The maximum atomic E-state index is 14.3. The minimum Gasteiger partial charge on any atom is -0.479 e. The van der Waals surface area contributed by atoms with Gasteiger partial charge >= 0.3 is 11.8 Å². The normalized spacial score (nSPS) is 25.2. The van der Waals surface area contributed by atoms with Crippen LogP contribution in [0.4, 0.5) is 17.6 Å². The third-order valence-corrected chi connectivity index (χ3v) is 4.04. The number of aromatic nitrogens is 4. The molecule has 1 saturated heterocycles. The van der Waals surface area contributed by atoms with E-state index in [4.69, 9.17) is 9.47 Å². The minimum absolute atomic E-state index is 0.0570. The molecule has 132 valence electrons. The van der Waals surface area contributed by atoms with Gasteiger partial charge in [0.25, 0.3) is 0 Å². The van der Waals surface area contributed by atoms with Crippen molar-refractivity contribution in [1.82, 2.24) is 19.5 Å². The zero-order valence-corrected chi connectivity index (χ0v) is 13.0. The number of alkyl halides is 4. The van der Waals surface area contributed by atoms with Crippen LogP contribution < -0.4 is 4.74 Å². The van der Waals surface area contributed by atoms with Crippen molar-refractivity contribution < 1.29 is 27.0 Å². The molecule has 1 fully saturated rings. The van der Waals surface area contributed by atoms with Crippen molar-refractivity contribution in [3.63, 3.8) is 0 Å². The molecule has 0 saturated carbocycles. The highest BCUT2D eigenvalue weighted by molar-refractivity contribution is 5.76. The number of imidazole rings is 1. The lowest BCUT2D eigenvalue weighted by Crippen LogP contribution is -2.45. The molecule has 3 heterocycles. The van der Waals surface area contributed by atoms with E-state index in [0.29, 0.717) is 12.8 Å². The van der Waals surface area contributed by atoms with Crippen molar-refractivity contribution in [2.24, 2.45) is 0 Å². The average Bonchev–Trinajstić information content (AvgIpc) is 3.04. The molecule has 6 nitrogen and oxygen atoms in total. The lowest BCUT2D eigenvalue weighted by Gasteiger charge is -2.23. The summed E-state index contributed by atoms with van der Waals surface area (Å²) in [5.74, 6) is -8.60. The number of methoxy groups -OCH3 is 1. The number of fused-ring (bicyclic) bond motifs is 1. The SMILES string of the molecule is CCCC[C@H]1O[C@@H](n2cnc3c(OC)ncnc32)C(F)(F)C1(F)F. The number of ether oxygens (including phenoxy) is 2. The Bertz CT molecular complexity index is 737. The largest absolute Gasteiger partial charge is 0.479 e. The van der Waals surface area contributed by atoms with Gasteiger partial charge in [-0.25, -0.2) is 9.97 Å². The van der Waals surface area contributed by atoms with Crippen molar-refractivity contribution in [2.75, 3.05) is 7.11 Å². The van der Waals surface area contributed by atoms with Gasteiger partial charge in [-0.3, -0.25) is 4.57 Å². The van der Waals surface area contributed by atoms with E-state index in [0.717, 1.165) is 17.2 Å². The van der Waals surface area contributed by atoms with Gasteiger partial charge in [-0.2, -0.15) is 22.5 Å². The molecule has 0 spiro atoms. The van der Waals surface area contributed by atoms with Gasteiger partial charge in [-0.05, 0) is 6.42 Å². The first-order chi connectivity index (χ1) is 11.3. The van der Waals surface area contributed by atoms with E-state index in [1.165, 1.54) is 7.11 Å². The van der Waals surface area contributed by atoms with Gasteiger partial charge in [0.2, 0.25) is 12.1 Å². The summed E-state index contributed by atoms with van der Waals surface area (Å²) in [6.45, 7) is 1.79. The highest BCUT2D eigenvalue weighted by atomic mass is 19.3. The molecule has 0 unspecified atom stereocenters. The molecule has 10 heteroatoms. The van der Waals surface area contributed by atoms with E-state index >= 15 is 0 Å². The maximum Gasteiger partial charge on any atom is 0.356 e. The Kier molecular flexibility index (Phi) is 4.10. The van der Waals surface area contributed by atoms with Gasteiger partial charge in [-0.15, -0.1) is 0 Å². The molecule has 2 aromatic rings. The molecule has 24 heavy (non-hydrogen) atoms. The Labute approximate surface area is 134 Å². The van der Waals surface area contributed by atoms with E-state index in [-0.39, 0.29) is 23.5 Å². The van der Waals surface area contributed by atoms with Crippen molar-refractivity contribution in [2.45, 2.75) is 50.4 Å². The van der Waals surface area contributed by atoms with Crippen LogP contribution in [0.2, 0.25) is 0 Å². The lowest BCUT2D eigenvalue weighted by atomic mass is 10.0. The molecule has 0 radical (unpaired) electrons. The summed E-state index contributed by atoms with van der Waals surface area (Å²) in [4.78, 5) is 11.5. The van der Waals surface area contributed by atoms with E-state index in [1.54, 1.807) is 6.92 Å². The second-order valence-corrected chi connectivity index (χ2v) is 5.57. The van der Waals surface area contributed by atoms with Gasteiger partial charge in [0, 0.05) is 0 Å². The Morgan fingerprint density at radius 2 is 1.96 bits per heavy atom. The summed E-state index contributed by atoms with van der Waals surface area (Å²) in [6.07, 6.45) is -1.18. The summed E-state index contributed by atoms with van der Waals surface area (Å²) in [5, 5.41) is 0. The van der Waals surface area contributed by atoms with Crippen molar-refractivity contribution in [1.29, 1.82) is 0 Å². The molecular weight excluding hydrogens is 332 g/mol. The maximum absolute atomic E-state index is 14.3. The standard InChI is InChI=1S/C14H16F4N4O2/c1-3-4-5-8-13(15,16)14(17,18)12(24-8)22-7-21-9-10(22)19-6-20-11(9)23-2/h6-8,12H,3-5H2,1-2H3/t8-,12-/m1/s1. The summed E-state index contributed by atoms with van der Waals surface area (Å²) in [5.41, 5.74) is 0.0400. The molecule has 3 rings (SSSR count). The molecule has 0 aromatic carbocycles. The van der Waals surface area contributed by atoms with Crippen molar-refractivity contribution >= 4 is 11.2 Å². The number of rotatable bonds is 5. The summed E-state index contributed by atoms with van der Waals surface area (Å²) in [6, 6.07) is 0. The Morgan fingerprint density at radius 3 is 2.62 bits per heavy atom. The van der Waals surface area contributed by atoms with Gasteiger partial charge in [0.05, 0.1) is 13.4 Å². The van der Waals surface area contributed by atoms with Crippen LogP contribution in [0.5, 0.6) is 5.88 Å². The summed E-state index contributed by atoms with van der Waals surface area (Å²) >= 11 is 0. The highest BCUT2D eigenvalue weighted by Gasteiger charge is 2.72. The van der Waals surface area contributed by atoms with Crippen LogP contribution in [0.1, 0.15) is 32.4 Å². The number of nitrogens with zero attached hydrogens (tertiary/aromatic N) is 4. The first-order valence-corrected chi connectivity index (χ1v) is 7.47. The molecule has 0 amide bonds. The summed E-state index contributed by atoms with van der Waals surface area (Å²) in [7, 11) is 1.33. The number of halogens is 4. The summed E-state index contributed by atoms with van der Waals surface area (Å²) < 4.78 is 67.8. The quantitative estimate of drug-likeness (QED) is 0.777. The number of hydrogen-bond acceptors (Lipinski definition) is 5. The predicted octanol–water partition coefficient (Wildman–Crippen LogP) is 3.19. The van der Waals surface area contributed by atoms with Crippen LogP contribution >= 0.6 is 0 Å². The van der Waals surface area contributed by atoms with Gasteiger partial charge in [0.15, 0.2) is 11.2 Å². The second-order valence-electron chi connectivity index (χ2n) is 5.57. The highest BCUT2D eigenvalue weighted by Crippen LogP contribution is 2.54. The average molecular weight is 348 g/mol. The van der Waals surface area contributed by atoms with Crippen molar-refractivity contribution in [3.05, 3.63) is 12.7 Å². The Hall–Kier alpha value is -1.97. The van der Waals surface area contributed by atoms with Crippen LogP contribution in [-0.2, 0) is 4.74 Å². The molecular formula is C14H16F4N4O2. The van der Waals surface area contributed by atoms with Crippen LogP contribution in [-0.4, -0.2) is 44.6 Å². The van der Waals surface area contributed by atoms with Crippen LogP contribution in [0.3, 0.4) is 0 Å². The zero-order valence-electron chi connectivity index (χ0n) is 13.0. The fourth-order valence-corrected chi connectivity index (χ4v) is 2.74. The van der Waals surface area contributed by atoms with Gasteiger partial charge < -0.3 is 9.47 Å². The van der Waals surface area contributed by atoms with Crippen LogP contribution in [0.15, 0.2) is 12.7 Å². The fraction of sp³-hybridized carbons (Fsp3) is 0.643. The molecule has 0 aliphatic carbocycles. The van der Waals surface area contributed by atoms with Crippen molar-refractivity contribution in [3.8, 4) is 5.88 Å². The third kappa shape index (κ3) is 2.31. The monoisotopic (exact) mass is 348 g/mol. The van der Waals surface area contributed by atoms with Gasteiger partial charge in [-0.1, -0.05) is 19.8 Å². The van der Waals surface area contributed by atoms with E-state index in [9.17, 15) is 17.6 Å². The first kappa shape index (κ1) is 16.9. The lowest BCUT2D eigenvalue weighted by molar-refractivity contribution is -0.207. The van der Waals surface area contributed by atoms with E-state index < -0.39 is 24.2 Å². The molecule has 2 aromatic heterocycles. The first-order valence-electron chi connectivity index (χ1n) is 7.47. The zero-order chi connectivity index (χ0) is 17.5. The molecule has 0 N–H and O–H groups in total. The molecule has 2 atom stereocenters. The molecule has 1 aliphatic heterocycles. The smallest absolute Gasteiger partial charge is 0.356 e. The van der Waals surface area contributed by atoms with Crippen LogP contribution in [0.25, 0.3) is 11.2 Å². The van der Waals surface area contributed by atoms with E-state index in [2.05, 4.69) is 15.0 Å². The second kappa shape index (κ2) is 5.83. The molecule has 1 aliphatic rings. The van der Waals surface area contributed by atoms with Crippen LogP contribution in [0, 0.1) is 0 Å². The Balaban J connectivity index is 2.03.